The van der Waals surface area contributed by atoms with Gasteiger partial charge in [0.25, 0.3) is 0 Å². The average Bonchev–Trinajstić information content (AvgIpc) is 3.01. The summed E-state index contributed by atoms with van der Waals surface area (Å²) >= 11 is 9.43. The topological polar surface area (TPSA) is 17.3 Å². The third kappa shape index (κ3) is 2.71. The standard InChI is InChI=1S/C16H13ClN2S2/c17-11-3-5-12(6-4-11)18-16-19(13-7-8-13)14(10-21-16)15-2-1-9-20-15/h1-6,9-10,13H,7-8H2. The molecule has 0 radical (unpaired) electrons. The smallest absolute Gasteiger partial charge is 0.190 e. The van der Waals surface area contributed by atoms with Crippen LogP contribution in [0.5, 0.6) is 0 Å². The molecule has 1 fully saturated rings. The zero-order chi connectivity index (χ0) is 14.2. The molecular formula is C16H13ClN2S2. The Bertz CT molecular complexity index is 809. The van der Waals surface area contributed by atoms with E-state index in [-0.39, 0.29) is 0 Å². The number of halogens is 1. The number of thiophene rings is 1. The Hall–Kier alpha value is -1.36. The minimum absolute atomic E-state index is 0.611. The molecule has 5 heteroatoms. The fraction of sp³-hybridized carbons (Fsp3) is 0.188. The SMILES string of the molecule is Clc1ccc(N=c2scc(-c3cccs3)n2C2CC2)cc1. The fourth-order valence-corrected chi connectivity index (χ4v) is 4.23. The van der Waals surface area contributed by atoms with Gasteiger partial charge >= 0.3 is 0 Å². The molecule has 2 heterocycles. The maximum Gasteiger partial charge on any atom is 0.190 e. The number of aromatic nitrogens is 1. The van der Waals surface area contributed by atoms with Crippen LogP contribution in [0.3, 0.4) is 0 Å². The van der Waals surface area contributed by atoms with Crippen molar-refractivity contribution >= 4 is 40.0 Å². The van der Waals surface area contributed by atoms with Crippen molar-refractivity contribution in [2.45, 2.75) is 18.9 Å². The zero-order valence-corrected chi connectivity index (χ0v) is 13.6. The van der Waals surface area contributed by atoms with Gasteiger partial charge in [0.05, 0.1) is 16.3 Å². The molecule has 1 aliphatic rings. The van der Waals surface area contributed by atoms with E-state index >= 15 is 0 Å². The maximum absolute atomic E-state index is 5.94. The summed E-state index contributed by atoms with van der Waals surface area (Å²) in [5.41, 5.74) is 2.25. The summed E-state index contributed by atoms with van der Waals surface area (Å²) in [5, 5.41) is 5.09. The van der Waals surface area contributed by atoms with Crippen LogP contribution in [0.2, 0.25) is 5.02 Å². The van der Waals surface area contributed by atoms with Gasteiger partial charge in [0.2, 0.25) is 0 Å². The van der Waals surface area contributed by atoms with Crippen molar-refractivity contribution in [1.29, 1.82) is 0 Å². The molecule has 0 saturated heterocycles. The van der Waals surface area contributed by atoms with Crippen LogP contribution in [-0.4, -0.2) is 4.57 Å². The van der Waals surface area contributed by atoms with E-state index in [4.69, 9.17) is 16.6 Å². The quantitative estimate of drug-likeness (QED) is 0.602. The highest BCUT2D eigenvalue weighted by Gasteiger charge is 2.27. The molecule has 1 aromatic carbocycles. The molecule has 0 N–H and O–H groups in total. The monoisotopic (exact) mass is 332 g/mol. The summed E-state index contributed by atoms with van der Waals surface area (Å²) < 4.78 is 2.39. The second-order valence-corrected chi connectivity index (χ2v) is 7.29. The lowest BCUT2D eigenvalue weighted by molar-refractivity contribution is 0.726. The first-order valence-electron chi connectivity index (χ1n) is 6.85. The van der Waals surface area contributed by atoms with Gasteiger partial charge in [0, 0.05) is 16.4 Å². The van der Waals surface area contributed by atoms with Crippen LogP contribution >= 0.6 is 34.3 Å². The first kappa shape index (κ1) is 13.3. The third-order valence-corrected chi connectivity index (χ3v) is 5.46. The number of benzene rings is 1. The van der Waals surface area contributed by atoms with E-state index in [0.29, 0.717) is 6.04 Å². The molecule has 0 spiro atoms. The number of hydrogen-bond acceptors (Lipinski definition) is 3. The normalized spacial score (nSPS) is 15.6. The van der Waals surface area contributed by atoms with Crippen LogP contribution < -0.4 is 4.80 Å². The van der Waals surface area contributed by atoms with E-state index < -0.39 is 0 Å². The van der Waals surface area contributed by atoms with Crippen LogP contribution in [0, 0.1) is 0 Å². The summed E-state index contributed by atoms with van der Waals surface area (Å²) in [6, 6.07) is 12.6. The van der Waals surface area contributed by atoms with Gasteiger partial charge in [-0.1, -0.05) is 17.7 Å². The van der Waals surface area contributed by atoms with Crippen molar-refractivity contribution in [3.63, 3.8) is 0 Å². The highest BCUT2D eigenvalue weighted by atomic mass is 35.5. The second kappa shape index (κ2) is 5.44. The fourth-order valence-electron chi connectivity index (χ4n) is 2.32. The van der Waals surface area contributed by atoms with Gasteiger partial charge in [-0.25, -0.2) is 4.99 Å². The molecule has 2 aromatic heterocycles. The third-order valence-electron chi connectivity index (χ3n) is 3.48. The molecule has 3 aromatic rings. The zero-order valence-electron chi connectivity index (χ0n) is 11.2. The van der Waals surface area contributed by atoms with Crippen LogP contribution in [0.15, 0.2) is 52.2 Å². The van der Waals surface area contributed by atoms with Crippen LogP contribution in [-0.2, 0) is 0 Å². The van der Waals surface area contributed by atoms with Gasteiger partial charge in [-0.15, -0.1) is 22.7 Å². The van der Waals surface area contributed by atoms with Crippen molar-refractivity contribution in [2.24, 2.45) is 4.99 Å². The predicted octanol–water partition coefficient (Wildman–Crippen LogP) is 5.50. The van der Waals surface area contributed by atoms with Crippen LogP contribution in [0.4, 0.5) is 5.69 Å². The average molecular weight is 333 g/mol. The van der Waals surface area contributed by atoms with Crippen molar-refractivity contribution in [3.05, 3.63) is 57.0 Å². The number of nitrogens with zero attached hydrogens (tertiary/aromatic N) is 2. The molecule has 1 aliphatic carbocycles. The van der Waals surface area contributed by atoms with Gasteiger partial charge < -0.3 is 4.57 Å². The molecule has 106 valence electrons. The number of rotatable bonds is 3. The Morgan fingerprint density at radius 2 is 1.90 bits per heavy atom. The lowest BCUT2D eigenvalue weighted by Crippen LogP contribution is -2.13. The van der Waals surface area contributed by atoms with Crippen molar-refractivity contribution in [3.8, 4) is 10.6 Å². The first-order chi connectivity index (χ1) is 10.3. The summed E-state index contributed by atoms with van der Waals surface area (Å²) in [4.78, 5) is 7.19. The Morgan fingerprint density at radius 3 is 2.57 bits per heavy atom. The van der Waals surface area contributed by atoms with E-state index in [1.165, 1.54) is 23.4 Å². The number of thiazole rings is 1. The van der Waals surface area contributed by atoms with Gasteiger partial charge in [-0.2, -0.15) is 0 Å². The van der Waals surface area contributed by atoms with Crippen molar-refractivity contribution in [2.75, 3.05) is 0 Å². The Labute approximate surface area is 136 Å². The summed E-state index contributed by atoms with van der Waals surface area (Å²) in [6.07, 6.45) is 2.51. The predicted molar refractivity (Wildman–Crippen MR) is 90.6 cm³/mol. The Kier molecular flexibility index (Phi) is 3.45. The molecule has 1 saturated carbocycles. The minimum atomic E-state index is 0.611. The number of hydrogen-bond donors (Lipinski definition) is 0. The molecule has 21 heavy (non-hydrogen) atoms. The Morgan fingerprint density at radius 1 is 1.10 bits per heavy atom. The first-order valence-corrected chi connectivity index (χ1v) is 8.99. The lowest BCUT2D eigenvalue weighted by atomic mass is 10.3. The summed E-state index contributed by atoms with van der Waals surface area (Å²) in [7, 11) is 0. The van der Waals surface area contributed by atoms with Crippen LogP contribution in [0.1, 0.15) is 18.9 Å². The molecule has 0 atom stereocenters. The molecule has 0 unspecified atom stereocenters. The second-order valence-electron chi connectivity index (χ2n) is 5.07. The van der Waals surface area contributed by atoms with Gasteiger partial charge in [0.1, 0.15) is 0 Å². The van der Waals surface area contributed by atoms with Crippen molar-refractivity contribution in [1.82, 2.24) is 4.57 Å². The van der Waals surface area contributed by atoms with Crippen molar-refractivity contribution < 1.29 is 0 Å². The summed E-state index contributed by atoms with van der Waals surface area (Å²) in [6.45, 7) is 0. The van der Waals surface area contributed by atoms with Gasteiger partial charge in [-0.05, 0) is 48.6 Å². The van der Waals surface area contributed by atoms with E-state index in [9.17, 15) is 0 Å². The molecule has 0 amide bonds. The molecule has 0 aliphatic heterocycles. The summed E-state index contributed by atoms with van der Waals surface area (Å²) in [5.74, 6) is 0. The van der Waals surface area contributed by atoms with Crippen LogP contribution in [0.25, 0.3) is 10.6 Å². The minimum Gasteiger partial charge on any atom is -0.313 e. The maximum atomic E-state index is 5.94. The lowest BCUT2D eigenvalue weighted by Gasteiger charge is -2.05. The molecule has 2 nitrogen and oxygen atoms in total. The van der Waals surface area contributed by atoms with E-state index in [1.807, 2.05) is 24.3 Å². The molecular weight excluding hydrogens is 320 g/mol. The molecule has 0 bridgehead atoms. The van der Waals surface area contributed by atoms with Gasteiger partial charge in [0.15, 0.2) is 4.80 Å². The van der Waals surface area contributed by atoms with E-state index in [1.54, 1.807) is 22.7 Å². The largest absolute Gasteiger partial charge is 0.313 e. The van der Waals surface area contributed by atoms with E-state index in [2.05, 4.69) is 27.5 Å². The molecule has 4 rings (SSSR count). The van der Waals surface area contributed by atoms with E-state index in [0.717, 1.165) is 15.5 Å². The van der Waals surface area contributed by atoms with Gasteiger partial charge in [-0.3, -0.25) is 0 Å². The highest BCUT2D eigenvalue weighted by molar-refractivity contribution is 7.14. The Balaban J connectivity index is 1.84. The highest BCUT2D eigenvalue weighted by Crippen LogP contribution is 2.39.